The second-order valence-corrected chi connectivity index (χ2v) is 8.25. The van der Waals surface area contributed by atoms with E-state index in [0.29, 0.717) is 18.7 Å². The number of hydrogen-bond donors (Lipinski definition) is 1. The molecule has 0 spiro atoms. The van der Waals surface area contributed by atoms with Crippen molar-refractivity contribution >= 4 is 11.7 Å². The lowest BCUT2D eigenvalue weighted by Crippen LogP contribution is -2.52. The highest BCUT2D eigenvalue weighted by Gasteiger charge is 2.57. The van der Waals surface area contributed by atoms with Crippen LogP contribution < -0.4 is 10.6 Å². The van der Waals surface area contributed by atoms with Crippen LogP contribution in [0, 0.1) is 51.2 Å². The maximum atomic E-state index is 13.0. The number of hydrogen-bond acceptors (Lipinski definition) is 7. The van der Waals surface area contributed by atoms with Crippen molar-refractivity contribution in [2.45, 2.75) is 6.92 Å². The Balaban J connectivity index is 1.75. The normalized spacial score (nSPS) is 20.8. The molecular weight excluding hydrogens is 426 g/mol. The van der Waals surface area contributed by atoms with E-state index < -0.39 is 23.2 Å². The summed E-state index contributed by atoms with van der Waals surface area (Å²) in [5, 5.41) is 29.8. The van der Waals surface area contributed by atoms with Gasteiger partial charge in [0, 0.05) is 24.7 Å². The van der Waals surface area contributed by atoms with Gasteiger partial charge in [0.1, 0.15) is 12.0 Å². The van der Waals surface area contributed by atoms with Gasteiger partial charge in [0.15, 0.2) is 5.41 Å². The van der Waals surface area contributed by atoms with Crippen LogP contribution in [-0.4, -0.2) is 25.7 Å². The molecule has 0 radical (unpaired) electrons. The molecule has 0 bridgehead atoms. The lowest BCUT2D eigenvalue weighted by atomic mass is 9.60. The molecule has 2 unspecified atom stereocenters. The molecule has 2 N–H and O–H groups in total. The predicted molar refractivity (Wildman–Crippen MR) is 126 cm³/mol. The smallest absolute Gasteiger partial charge is 0.312 e. The standard InChI is InChI=1S/C27H23N5O2/c1-2-34-26(33)24-23-15-32(20-10-8-19(9-11-20)18-6-4-3-5-7-18)13-12-21(23)22(14-28)25(31)27(24,16-29)17-30/h3-12,23-24H,2,13,15,31H2,1H3. The largest absolute Gasteiger partial charge is 0.466 e. The summed E-state index contributed by atoms with van der Waals surface area (Å²) in [6.45, 7) is 2.60. The van der Waals surface area contributed by atoms with Crippen LogP contribution in [0.4, 0.5) is 5.69 Å². The van der Waals surface area contributed by atoms with Crippen LogP contribution in [-0.2, 0) is 9.53 Å². The zero-order valence-electron chi connectivity index (χ0n) is 18.7. The van der Waals surface area contributed by atoms with E-state index >= 15 is 0 Å². The summed E-state index contributed by atoms with van der Waals surface area (Å²) in [4.78, 5) is 15.1. The molecule has 168 valence electrons. The Hall–Kier alpha value is -4.54. The van der Waals surface area contributed by atoms with Crippen molar-refractivity contribution in [3.8, 4) is 29.3 Å². The van der Waals surface area contributed by atoms with Gasteiger partial charge in [0.25, 0.3) is 0 Å². The number of fused-ring (bicyclic) bond motifs is 1. The molecule has 2 aromatic carbocycles. The number of carbonyl (C=O) groups excluding carboxylic acids is 1. The molecule has 7 heteroatoms. The molecule has 1 aliphatic heterocycles. The molecule has 1 heterocycles. The fourth-order valence-electron chi connectivity index (χ4n) is 4.85. The van der Waals surface area contributed by atoms with Crippen molar-refractivity contribution in [1.29, 1.82) is 15.8 Å². The molecule has 1 aliphatic carbocycles. The van der Waals surface area contributed by atoms with E-state index in [2.05, 4.69) is 11.0 Å². The zero-order chi connectivity index (χ0) is 24.3. The topological polar surface area (TPSA) is 127 Å². The Morgan fingerprint density at radius 3 is 2.32 bits per heavy atom. The first-order chi connectivity index (χ1) is 16.5. The molecule has 0 saturated heterocycles. The fourth-order valence-corrected chi connectivity index (χ4v) is 4.85. The van der Waals surface area contributed by atoms with Crippen LogP contribution >= 0.6 is 0 Å². The molecule has 2 aliphatic rings. The highest BCUT2D eigenvalue weighted by atomic mass is 16.5. The third kappa shape index (κ3) is 3.56. The number of rotatable bonds is 4. The Morgan fingerprint density at radius 2 is 1.74 bits per heavy atom. The van der Waals surface area contributed by atoms with Crippen LogP contribution in [0.25, 0.3) is 11.1 Å². The van der Waals surface area contributed by atoms with Crippen LogP contribution in [0.1, 0.15) is 6.92 Å². The highest BCUT2D eigenvalue weighted by Crippen LogP contribution is 2.50. The van der Waals surface area contributed by atoms with E-state index in [1.807, 2.05) is 72.8 Å². The van der Waals surface area contributed by atoms with E-state index in [1.54, 1.807) is 6.92 Å². The van der Waals surface area contributed by atoms with Crippen LogP contribution in [0.2, 0.25) is 0 Å². The second kappa shape index (κ2) is 9.14. The average molecular weight is 450 g/mol. The van der Waals surface area contributed by atoms with Gasteiger partial charge in [-0.1, -0.05) is 48.5 Å². The molecule has 2 atom stereocenters. The molecule has 0 fully saturated rings. The summed E-state index contributed by atoms with van der Waals surface area (Å²) >= 11 is 0. The number of nitriles is 3. The number of nitrogens with two attached hydrogens (primary N) is 1. The van der Waals surface area contributed by atoms with Crippen molar-refractivity contribution < 1.29 is 9.53 Å². The van der Waals surface area contributed by atoms with Gasteiger partial charge < -0.3 is 15.4 Å². The average Bonchev–Trinajstić information content (AvgIpc) is 2.88. The third-order valence-corrected chi connectivity index (χ3v) is 6.54. The number of esters is 1. The molecule has 0 aromatic heterocycles. The Morgan fingerprint density at radius 1 is 1.09 bits per heavy atom. The zero-order valence-corrected chi connectivity index (χ0v) is 18.7. The first-order valence-corrected chi connectivity index (χ1v) is 11.0. The Kier molecular flexibility index (Phi) is 6.09. The van der Waals surface area contributed by atoms with E-state index in [1.165, 1.54) is 0 Å². The molecule has 0 saturated carbocycles. The minimum Gasteiger partial charge on any atom is -0.466 e. The van der Waals surface area contributed by atoms with Gasteiger partial charge in [-0.2, -0.15) is 15.8 Å². The lowest BCUT2D eigenvalue weighted by molar-refractivity contribution is -0.152. The second-order valence-electron chi connectivity index (χ2n) is 8.25. The van der Waals surface area contributed by atoms with Gasteiger partial charge in [-0.3, -0.25) is 4.79 Å². The highest BCUT2D eigenvalue weighted by molar-refractivity contribution is 5.80. The van der Waals surface area contributed by atoms with Crippen molar-refractivity contribution in [3.05, 3.63) is 77.5 Å². The monoisotopic (exact) mass is 449 g/mol. The SMILES string of the molecule is CCOC(=O)C1C2CN(c3ccc(-c4ccccc4)cc3)CC=C2C(C#N)=C(N)C1(C#N)C#N. The third-order valence-electron chi connectivity index (χ3n) is 6.54. The maximum absolute atomic E-state index is 13.0. The molecule has 34 heavy (non-hydrogen) atoms. The molecule has 4 rings (SSSR count). The molecule has 7 nitrogen and oxygen atoms in total. The summed E-state index contributed by atoms with van der Waals surface area (Å²) in [5.74, 6) is -2.40. The number of nitrogens with zero attached hydrogens (tertiary/aromatic N) is 4. The Bertz CT molecular complexity index is 1280. The number of allylic oxidation sites excluding steroid dienone is 2. The van der Waals surface area contributed by atoms with Crippen molar-refractivity contribution in [2.24, 2.45) is 23.0 Å². The van der Waals surface area contributed by atoms with Gasteiger partial charge in [-0.25, -0.2) is 0 Å². The molecule has 2 aromatic rings. The van der Waals surface area contributed by atoms with Gasteiger partial charge in [0.2, 0.25) is 0 Å². The molecular formula is C27H23N5O2. The van der Waals surface area contributed by atoms with Gasteiger partial charge in [-0.05, 0) is 35.8 Å². The van der Waals surface area contributed by atoms with E-state index in [4.69, 9.17) is 10.5 Å². The van der Waals surface area contributed by atoms with Crippen LogP contribution in [0.15, 0.2) is 77.5 Å². The first kappa shape index (κ1) is 22.6. The van der Waals surface area contributed by atoms with Gasteiger partial charge in [0.05, 0.1) is 30.0 Å². The van der Waals surface area contributed by atoms with Gasteiger partial charge in [-0.15, -0.1) is 0 Å². The maximum Gasteiger partial charge on any atom is 0.312 e. The van der Waals surface area contributed by atoms with E-state index in [0.717, 1.165) is 16.8 Å². The number of anilines is 1. The van der Waals surface area contributed by atoms with E-state index in [-0.39, 0.29) is 17.9 Å². The number of ether oxygens (including phenoxy) is 1. The Labute approximate surface area is 198 Å². The minimum atomic E-state index is -1.97. The van der Waals surface area contributed by atoms with Crippen molar-refractivity contribution in [3.63, 3.8) is 0 Å². The quantitative estimate of drug-likeness (QED) is 0.705. The summed E-state index contributed by atoms with van der Waals surface area (Å²) < 4.78 is 5.26. The van der Waals surface area contributed by atoms with Crippen molar-refractivity contribution in [2.75, 3.05) is 24.6 Å². The predicted octanol–water partition coefficient (Wildman–Crippen LogP) is 3.68. The lowest BCUT2D eigenvalue weighted by Gasteiger charge is -2.44. The number of carbonyl (C=O) groups is 1. The minimum absolute atomic E-state index is 0.104. The van der Waals surface area contributed by atoms with E-state index in [9.17, 15) is 20.6 Å². The first-order valence-electron chi connectivity index (χ1n) is 11.0. The summed E-state index contributed by atoms with van der Waals surface area (Å²) in [5.41, 5.74) is 7.85. The molecule has 0 amide bonds. The fraction of sp³-hybridized carbons (Fsp3) is 0.259. The summed E-state index contributed by atoms with van der Waals surface area (Å²) in [7, 11) is 0. The number of benzene rings is 2. The van der Waals surface area contributed by atoms with Gasteiger partial charge >= 0.3 is 5.97 Å². The van der Waals surface area contributed by atoms with Crippen LogP contribution in [0.3, 0.4) is 0 Å². The summed E-state index contributed by atoms with van der Waals surface area (Å²) in [6.07, 6.45) is 1.86. The van der Waals surface area contributed by atoms with Crippen LogP contribution in [0.5, 0.6) is 0 Å². The summed E-state index contributed by atoms with van der Waals surface area (Å²) in [6, 6.07) is 24.0. The van der Waals surface area contributed by atoms with Crippen molar-refractivity contribution in [1.82, 2.24) is 0 Å².